The predicted molar refractivity (Wildman–Crippen MR) is 96.2 cm³/mol. The number of fused-ring (bicyclic) bond motifs is 1. The zero-order valence-electron chi connectivity index (χ0n) is 13.8. The van der Waals surface area contributed by atoms with Gasteiger partial charge in [-0.3, -0.25) is 5.43 Å². The number of ether oxygens (including phenoxy) is 1. The number of nitrogens with one attached hydrogen (secondary N) is 2. The molecule has 6 heteroatoms. The number of hydrogen-bond acceptors (Lipinski definition) is 4. The molecule has 2 atom stereocenters. The number of alkyl halides is 1. The number of carbonyl (C=O) groups is 1. The van der Waals surface area contributed by atoms with Gasteiger partial charge in [0.05, 0.1) is 0 Å². The third-order valence-electron chi connectivity index (χ3n) is 4.55. The first kappa shape index (κ1) is 16.5. The SMILES string of the molecule is O=C(O)c1cc(C2CNNC2F)ccc1Oc1cccc2ccccc12. The first-order chi connectivity index (χ1) is 12.6. The number of hydrogen-bond donors (Lipinski definition) is 3. The zero-order chi connectivity index (χ0) is 18.1. The van der Waals surface area contributed by atoms with Gasteiger partial charge in [0.2, 0.25) is 0 Å². The Morgan fingerprint density at radius 3 is 2.65 bits per heavy atom. The van der Waals surface area contributed by atoms with E-state index in [0.29, 0.717) is 17.9 Å². The van der Waals surface area contributed by atoms with Gasteiger partial charge in [0, 0.05) is 17.8 Å². The Morgan fingerprint density at radius 1 is 1.08 bits per heavy atom. The Balaban J connectivity index is 1.73. The lowest BCUT2D eigenvalue weighted by atomic mass is 9.97. The summed E-state index contributed by atoms with van der Waals surface area (Å²) < 4.78 is 19.8. The molecule has 2 unspecified atom stereocenters. The van der Waals surface area contributed by atoms with Crippen molar-refractivity contribution in [2.24, 2.45) is 0 Å². The van der Waals surface area contributed by atoms with Crippen molar-refractivity contribution >= 4 is 16.7 Å². The summed E-state index contributed by atoms with van der Waals surface area (Å²) in [5.41, 5.74) is 5.85. The van der Waals surface area contributed by atoms with Crippen molar-refractivity contribution in [3.63, 3.8) is 0 Å². The van der Waals surface area contributed by atoms with Gasteiger partial charge in [0.15, 0.2) is 6.30 Å². The molecule has 0 aromatic heterocycles. The van der Waals surface area contributed by atoms with Crippen molar-refractivity contribution in [2.75, 3.05) is 6.54 Å². The lowest BCUT2D eigenvalue weighted by Gasteiger charge is -2.15. The average Bonchev–Trinajstić information content (AvgIpc) is 3.08. The summed E-state index contributed by atoms with van der Waals surface area (Å²) in [4.78, 5) is 11.7. The first-order valence-corrected chi connectivity index (χ1v) is 8.29. The molecule has 3 N–H and O–H groups in total. The van der Waals surface area contributed by atoms with E-state index < -0.39 is 18.2 Å². The summed E-state index contributed by atoms with van der Waals surface area (Å²) in [6, 6.07) is 18.1. The fourth-order valence-electron chi connectivity index (χ4n) is 3.19. The van der Waals surface area contributed by atoms with E-state index >= 15 is 0 Å². The van der Waals surface area contributed by atoms with Crippen LogP contribution in [0.2, 0.25) is 0 Å². The van der Waals surface area contributed by atoms with Crippen LogP contribution in [0, 0.1) is 0 Å². The lowest BCUT2D eigenvalue weighted by molar-refractivity contribution is 0.0694. The van der Waals surface area contributed by atoms with Gasteiger partial charge in [-0.1, -0.05) is 42.5 Å². The minimum absolute atomic E-state index is 0.00883. The molecule has 1 heterocycles. The van der Waals surface area contributed by atoms with Crippen molar-refractivity contribution in [1.82, 2.24) is 10.9 Å². The Morgan fingerprint density at radius 2 is 1.88 bits per heavy atom. The van der Waals surface area contributed by atoms with Crippen LogP contribution in [-0.2, 0) is 0 Å². The molecular weight excluding hydrogens is 335 g/mol. The van der Waals surface area contributed by atoms with Crippen LogP contribution < -0.4 is 15.6 Å². The quantitative estimate of drug-likeness (QED) is 0.623. The van der Waals surface area contributed by atoms with E-state index in [1.165, 1.54) is 6.07 Å². The number of hydrazine groups is 1. The number of carboxylic acids is 1. The minimum Gasteiger partial charge on any atom is -0.478 e. The molecule has 5 nitrogen and oxygen atoms in total. The van der Waals surface area contributed by atoms with Gasteiger partial charge in [-0.15, -0.1) is 0 Å². The summed E-state index contributed by atoms with van der Waals surface area (Å²) in [6.07, 6.45) is -1.26. The number of carboxylic acid groups (broad SMARTS) is 1. The summed E-state index contributed by atoms with van der Waals surface area (Å²) in [7, 11) is 0. The summed E-state index contributed by atoms with van der Waals surface area (Å²) in [5.74, 6) is -0.756. The van der Waals surface area contributed by atoms with E-state index in [9.17, 15) is 14.3 Å². The van der Waals surface area contributed by atoms with Crippen LogP contribution in [0.3, 0.4) is 0 Å². The molecule has 0 saturated carbocycles. The summed E-state index contributed by atoms with van der Waals surface area (Å²) >= 11 is 0. The van der Waals surface area contributed by atoms with Gasteiger partial charge in [-0.2, -0.15) is 0 Å². The topological polar surface area (TPSA) is 70.6 Å². The molecular formula is C20H17FN2O3. The second-order valence-corrected chi connectivity index (χ2v) is 6.17. The Bertz CT molecular complexity index is 971. The van der Waals surface area contributed by atoms with Crippen molar-refractivity contribution in [1.29, 1.82) is 0 Å². The molecule has 0 aliphatic carbocycles. The van der Waals surface area contributed by atoms with E-state index in [0.717, 1.165) is 10.8 Å². The maximum atomic E-state index is 13.9. The highest BCUT2D eigenvalue weighted by Crippen LogP contribution is 2.34. The molecule has 3 aromatic rings. The predicted octanol–water partition coefficient (Wildman–Crippen LogP) is 3.82. The van der Waals surface area contributed by atoms with Crippen molar-refractivity contribution in [2.45, 2.75) is 12.2 Å². The molecule has 1 aliphatic rings. The second kappa shape index (κ2) is 6.74. The molecule has 1 fully saturated rings. The standard InChI is InChI=1S/C20H17FN2O3/c21-19-16(11-22-23-19)13-8-9-18(15(10-13)20(24)25)26-17-7-3-5-12-4-1-2-6-14(12)17/h1-10,16,19,22-23H,11H2,(H,24,25). The normalized spacial score (nSPS) is 19.6. The summed E-state index contributed by atoms with van der Waals surface area (Å²) in [5, 5.41) is 11.5. The maximum Gasteiger partial charge on any atom is 0.339 e. The Labute approximate surface area is 149 Å². The largest absolute Gasteiger partial charge is 0.478 e. The van der Waals surface area contributed by atoms with Crippen LogP contribution >= 0.6 is 0 Å². The van der Waals surface area contributed by atoms with Crippen LogP contribution in [0.25, 0.3) is 10.8 Å². The van der Waals surface area contributed by atoms with Gasteiger partial charge in [0.1, 0.15) is 17.1 Å². The number of halogens is 1. The van der Waals surface area contributed by atoms with Gasteiger partial charge < -0.3 is 9.84 Å². The molecule has 0 radical (unpaired) electrons. The van der Waals surface area contributed by atoms with Crippen molar-refractivity contribution < 1.29 is 19.0 Å². The van der Waals surface area contributed by atoms with E-state index in [2.05, 4.69) is 10.9 Å². The van der Waals surface area contributed by atoms with E-state index in [1.807, 2.05) is 36.4 Å². The molecule has 26 heavy (non-hydrogen) atoms. The smallest absolute Gasteiger partial charge is 0.339 e. The van der Waals surface area contributed by atoms with Gasteiger partial charge in [-0.05, 0) is 29.1 Å². The third-order valence-corrected chi connectivity index (χ3v) is 4.55. The highest BCUT2D eigenvalue weighted by molar-refractivity contribution is 5.92. The number of aromatic carboxylic acids is 1. The second-order valence-electron chi connectivity index (χ2n) is 6.17. The highest BCUT2D eigenvalue weighted by atomic mass is 19.1. The van der Waals surface area contributed by atoms with Crippen LogP contribution in [0.1, 0.15) is 21.8 Å². The van der Waals surface area contributed by atoms with Crippen molar-refractivity contribution in [3.8, 4) is 11.5 Å². The monoisotopic (exact) mass is 352 g/mol. The van der Waals surface area contributed by atoms with E-state index in [-0.39, 0.29) is 11.3 Å². The van der Waals surface area contributed by atoms with Crippen LogP contribution in [-0.4, -0.2) is 23.9 Å². The average molecular weight is 352 g/mol. The van der Waals surface area contributed by atoms with E-state index in [1.54, 1.807) is 18.2 Å². The molecule has 4 rings (SSSR count). The first-order valence-electron chi connectivity index (χ1n) is 8.29. The molecule has 3 aromatic carbocycles. The lowest BCUT2D eigenvalue weighted by Crippen LogP contribution is -2.27. The zero-order valence-corrected chi connectivity index (χ0v) is 13.8. The van der Waals surface area contributed by atoms with Gasteiger partial charge in [-0.25, -0.2) is 14.6 Å². The molecule has 1 aliphatic heterocycles. The molecule has 1 saturated heterocycles. The van der Waals surface area contributed by atoms with Gasteiger partial charge >= 0.3 is 5.97 Å². The molecule has 132 valence electrons. The van der Waals surface area contributed by atoms with Gasteiger partial charge in [0.25, 0.3) is 0 Å². The Kier molecular flexibility index (Phi) is 4.28. The molecule has 0 spiro atoms. The fraction of sp³-hybridized carbons (Fsp3) is 0.150. The fourth-order valence-corrected chi connectivity index (χ4v) is 3.19. The Hall–Kier alpha value is -2.96. The van der Waals surface area contributed by atoms with Crippen LogP contribution in [0.4, 0.5) is 4.39 Å². The molecule has 0 bridgehead atoms. The third kappa shape index (κ3) is 3.00. The summed E-state index contributed by atoms with van der Waals surface area (Å²) in [6.45, 7) is 0.393. The maximum absolute atomic E-state index is 13.9. The van der Waals surface area contributed by atoms with Crippen LogP contribution in [0.5, 0.6) is 11.5 Å². The minimum atomic E-state index is -1.26. The number of benzene rings is 3. The molecule has 0 amide bonds. The highest BCUT2D eigenvalue weighted by Gasteiger charge is 2.29. The number of rotatable bonds is 4. The van der Waals surface area contributed by atoms with E-state index in [4.69, 9.17) is 4.74 Å². The van der Waals surface area contributed by atoms with Crippen LogP contribution in [0.15, 0.2) is 60.7 Å². The van der Waals surface area contributed by atoms with Crippen molar-refractivity contribution in [3.05, 3.63) is 71.8 Å².